The predicted molar refractivity (Wildman–Crippen MR) is 192 cm³/mol. The lowest BCUT2D eigenvalue weighted by Gasteiger charge is -2.49. The molecule has 282 valence electrons. The maximum atomic E-state index is 13.6. The summed E-state index contributed by atoms with van der Waals surface area (Å²) >= 11 is 0. The zero-order valence-corrected chi connectivity index (χ0v) is 30.3. The van der Waals surface area contributed by atoms with E-state index in [0.29, 0.717) is 5.56 Å². The number of ether oxygens (including phenoxy) is 2. The van der Waals surface area contributed by atoms with Gasteiger partial charge in [-0.05, 0) is 122 Å². The van der Waals surface area contributed by atoms with E-state index in [-0.39, 0.29) is 29.4 Å². The lowest BCUT2D eigenvalue weighted by atomic mass is 9.68. The summed E-state index contributed by atoms with van der Waals surface area (Å²) in [6, 6.07) is 6.61. The highest BCUT2D eigenvalue weighted by Crippen LogP contribution is 2.50. The van der Waals surface area contributed by atoms with Gasteiger partial charge in [0.1, 0.15) is 18.3 Å². The lowest BCUT2D eigenvalue weighted by Crippen LogP contribution is -2.69. The molecule has 0 radical (unpaired) electrons. The van der Waals surface area contributed by atoms with Crippen LogP contribution in [-0.4, -0.2) is 151 Å². The van der Waals surface area contributed by atoms with Gasteiger partial charge in [0.2, 0.25) is 12.5 Å². The van der Waals surface area contributed by atoms with Gasteiger partial charge in [0, 0.05) is 18.0 Å². The maximum Gasteiger partial charge on any atom is 0.255 e. The summed E-state index contributed by atoms with van der Waals surface area (Å²) in [5.74, 6) is -2.27. The van der Waals surface area contributed by atoms with Crippen LogP contribution in [0, 0.1) is 0 Å². The molecule has 1 aliphatic carbocycles. The Morgan fingerprint density at radius 2 is 1.59 bits per heavy atom. The Morgan fingerprint density at radius 1 is 0.922 bits per heavy atom. The number of fused-ring (bicyclic) bond motifs is 4. The van der Waals surface area contributed by atoms with Crippen molar-refractivity contribution < 1.29 is 39.5 Å². The number of nitrogens with one attached hydrogen (secondary N) is 3. The molecule has 2 amide bonds. The Hall–Kier alpha value is -3.50. The first kappa shape index (κ1) is 38.7. The number of unbranched alkanes of at least 4 members (excludes halogenated alkanes) is 1. The van der Waals surface area contributed by atoms with Crippen LogP contribution in [0.25, 0.3) is 0 Å². The Bertz CT molecular complexity index is 1480. The molecule has 3 aliphatic rings. The van der Waals surface area contributed by atoms with Gasteiger partial charge in [0.05, 0.1) is 17.6 Å². The number of amides is 2. The minimum absolute atomic E-state index is 0.0231. The molecular weight excluding hydrogens is 656 g/mol. The molecule has 51 heavy (non-hydrogen) atoms. The van der Waals surface area contributed by atoms with Gasteiger partial charge in [-0.15, -0.1) is 0 Å². The van der Waals surface area contributed by atoms with E-state index >= 15 is 0 Å². The third kappa shape index (κ3) is 9.12. The van der Waals surface area contributed by atoms with Crippen LogP contribution in [0.3, 0.4) is 0 Å². The van der Waals surface area contributed by atoms with E-state index in [0.717, 1.165) is 64.3 Å². The molecule has 0 spiro atoms. The normalized spacial score (nSPS) is 23.8. The van der Waals surface area contributed by atoms with Gasteiger partial charge in [0.15, 0.2) is 11.5 Å². The van der Waals surface area contributed by atoms with E-state index in [1.165, 1.54) is 25.3 Å². The van der Waals surface area contributed by atoms with Crippen LogP contribution in [-0.2, 0) is 6.54 Å². The van der Waals surface area contributed by atoms with Crippen molar-refractivity contribution in [3.8, 4) is 17.2 Å². The number of rotatable bonds is 18. The first-order chi connectivity index (χ1) is 24.5. The van der Waals surface area contributed by atoms with Gasteiger partial charge in [0.25, 0.3) is 11.8 Å². The fourth-order valence-electron chi connectivity index (χ4n) is 7.46. The molecule has 0 aromatic heterocycles. The highest BCUT2D eigenvalue weighted by atomic mass is 16.7. The molecule has 1 fully saturated rings. The van der Waals surface area contributed by atoms with Crippen molar-refractivity contribution in [1.82, 2.24) is 30.7 Å². The quantitative estimate of drug-likeness (QED) is 0.108. The summed E-state index contributed by atoms with van der Waals surface area (Å²) in [7, 11) is 6.38. The van der Waals surface area contributed by atoms with Crippen LogP contribution in [0.1, 0.15) is 70.4 Å². The van der Waals surface area contributed by atoms with Crippen LogP contribution >= 0.6 is 0 Å². The fraction of sp³-hybridized carbons (Fsp3) is 0.622. The number of aromatic hydroxyl groups is 1. The highest BCUT2D eigenvalue weighted by molar-refractivity contribution is 6.02. The maximum absolute atomic E-state index is 13.6. The van der Waals surface area contributed by atoms with E-state index in [1.807, 2.05) is 19.2 Å². The minimum atomic E-state index is -1.64. The van der Waals surface area contributed by atoms with Crippen LogP contribution in [0.2, 0.25) is 0 Å². The molecule has 2 aromatic rings. The SMILES string of the molecule is CCN(CCCN(C)CCCCN(C)CCCNC)Cc1ccc(C(=O)NC2C(O)C(O)C(O)C3NC(=O)c4c(cc5c(c4O)OCO5)C23)cc1. The van der Waals surface area contributed by atoms with Crippen LogP contribution in [0.5, 0.6) is 17.2 Å². The molecule has 14 nitrogen and oxygen atoms in total. The standard InChI is InChI=1S/C37H56N6O8/c1-5-43(19-9-18-42(4)16-7-6-15-41(3)17-8-14-38-2)21-23-10-12-24(13-11-23)36(48)39-29-27-25-20-26-35(51-22-50-26)31(44)28(25)37(49)40-30(27)33(46)34(47)32(29)45/h10-13,20,27,29-30,32-34,38,44-47H,5-9,14-19,21-22H2,1-4H3,(H,39,48)(H,40,49). The van der Waals surface area contributed by atoms with E-state index in [1.54, 1.807) is 12.1 Å². The number of carbonyl (C=O) groups is 2. The highest BCUT2D eigenvalue weighted by Gasteiger charge is 2.54. The molecule has 7 N–H and O–H groups in total. The van der Waals surface area contributed by atoms with Crippen molar-refractivity contribution in [2.45, 2.75) is 75.5 Å². The Morgan fingerprint density at radius 3 is 2.25 bits per heavy atom. The first-order valence-electron chi connectivity index (χ1n) is 18.2. The van der Waals surface area contributed by atoms with Gasteiger partial charge >= 0.3 is 0 Å². The second kappa shape index (κ2) is 17.8. The van der Waals surface area contributed by atoms with Gasteiger partial charge in [-0.2, -0.15) is 0 Å². The number of hydrogen-bond acceptors (Lipinski definition) is 12. The number of hydrogen-bond donors (Lipinski definition) is 7. The number of phenols is 1. The zero-order valence-electron chi connectivity index (χ0n) is 30.3. The van der Waals surface area contributed by atoms with Crippen molar-refractivity contribution in [2.24, 2.45) is 0 Å². The average molecular weight is 713 g/mol. The van der Waals surface area contributed by atoms with Gasteiger partial charge in [-0.25, -0.2) is 0 Å². The summed E-state index contributed by atoms with van der Waals surface area (Å²) in [5.41, 5.74) is 1.58. The summed E-state index contributed by atoms with van der Waals surface area (Å²) < 4.78 is 10.8. The molecule has 2 aliphatic heterocycles. The number of carbonyl (C=O) groups excluding carboxylic acids is 2. The smallest absolute Gasteiger partial charge is 0.255 e. The summed E-state index contributed by atoms with van der Waals surface area (Å²) in [6.45, 7) is 10.0. The third-order valence-electron chi connectivity index (χ3n) is 10.4. The fourth-order valence-corrected chi connectivity index (χ4v) is 7.46. The van der Waals surface area contributed by atoms with Crippen LogP contribution < -0.4 is 25.4 Å². The van der Waals surface area contributed by atoms with Crippen molar-refractivity contribution in [3.05, 3.63) is 52.6 Å². The van der Waals surface area contributed by atoms with E-state index in [9.17, 15) is 30.0 Å². The van der Waals surface area contributed by atoms with Crippen molar-refractivity contribution in [1.29, 1.82) is 0 Å². The number of benzene rings is 2. The molecule has 1 saturated carbocycles. The van der Waals surface area contributed by atoms with Gasteiger partial charge in [-0.1, -0.05) is 19.1 Å². The lowest BCUT2D eigenvalue weighted by molar-refractivity contribution is -0.117. The van der Waals surface area contributed by atoms with Crippen LogP contribution in [0.15, 0.2) is 30.3 Å². The van der Waals surface area contributed by atoms with Crippen molar-refractivity contribution in [3.63, 3.8) is 0 Å². The molecule has 2 aromatic carbocycles. The largest absolute Gasteiger partial charge is 0.504 e. The number of aliphatic hydroxyl groups excluding tert-OH is 3. The van der Waals surface area contributed by atoms with Crippen molar-refractivity contribution >= 4 is 11.8 Å². The predicted octanol–water partition coefficient (Wildman–Crippen LogP) is 0.677. The van der Waals surface area contributed by atoms with Gasteiger partial charge < -0.3 is 55.7 Å². The monoisotopic (exact) mass is 712 g/mol. The molecule has 0 saturated heterocycles. The number of aliphatic hydroxyl groups is 3. The van der Waals surface area contributed by atoms with Crippen molar-refractivity contribution in [2.75, 3.05) is 73.7 Å². The molecular formula is C37H56N6O8. The Labute approximate surface area is 300 Å². The summed E-state index contributed by atoms with van der Waals surface area (Å²) in [6.07, 6.45) is -0.124. The number of phenolic OH excluding ortho intramolecular Hbond substituents is 1. The zero-order chi connectivity index (χ0) is 36.7. The number of nitrogens with zero attached hydrogens (tertiary/aromatic N) is 3. The molecule has 14 heteroatoms. The minimum Gasteiger partial charge on any atom is -0.504 e. The summed E-state index contributed by atoms with van der Waals surface area (Å²) in [4.78, 5) is 33.8. The molecule has 2 heterocycles. The third-order valence-corrected chi connectivity index (χ3v) is 10.4. The Kier molecular flexibility index (Phi) is 13.5. The van der Waals surface area contributed by atoms with E-state index < -0.39 is 53.9 Å². The first-order valence-corrected chi connectivity index (χ1v) is 18.2. The molecule has 6 unspecified atom stereocenters. The van der Waals surface area contributed by atoms with E-state index in [2.05, 4.69) is 51.7 Å². The molecule has 0 bridgehead atoms. The van der Waals surface area contributed by atoms with Gasteiger partial charge in [-0.3, -0.25) is 14.5 Å². The Balaban J connectivity index is 1.15. The van der Waals surface area contributed by atoms with Crippen LogP contribution in [0.4, 0.5) is 0 Å². The topological polar surface area (TPSA) is 179 Å². The summed E-state index contributed by atoms with van der Waals surface area (Å²) in [5, 5.41) is 52.2. The second-order valence-corrected chi connectivity index (χ2v) is 14.1. The molecule has 6 atom stereocenters. The van der Waals surface area contributed by atoms with E-state index in [4.69, 9.17) is 9.47 Å². The average Bonchev–Trinajstić information content (AvgIpc) is 3.60. The molecule has 5 rings (SSSR count). The second-order valence-electron chi connectivity index (χ2n) is 14.1.